The number of rotatable bonds is 4. The second-order valence-electron chi connectivity index (χ2n) is 3.60. The van der Waals surface area contributed by atoms with Gasteiger partial charge in [0, 0.05) is 11.8 Å². The van der Waals surface area contributed by atoms with Gasteiger partial charge in [-0.3, -0.25) is 4.68 Å². The van der Waals surface area contributed by atoms with E-state index in [1.54, 1.807) is 0 Å². The van der Waals surface area contributed by atoms with Gasteiger partial charge in [0.2, 0.25) is 0 Å². The van der Waals surface area contributed by atoms with Crippen molar-refractivity contribution >= 4 is 5.82 Å². The fourth-order valence-corrected chi connectivity index (χ4v) is 1.53. The number of nitrogens with zero attached hydrogens (tertiary/aromatic N) is 2. The van der Waals surface area contributed by atoms with Crippen molar-refractivity contribution in [3.05, 3.63) is 42.1 Å². The number of aryl methyl sites for hydroxylation is 1. The van der Waals surface area contributed by atoms with Crippen LogP contribution in [0.1, 0.15) is 5.69 Å². The summed E-state index contributed by atoms with van der Waals surface area (Å²) in [6.07, 6.45) is 0. The summed E-state index contributed by atoms with van der Waals surface area (Å²) in [6, 6.07) is 11.6. The number of para-hydroxylation sites is 1. The maximum Gasteiger partial charge on any atom is 0.145 e. The normalized spacial score (nSPS) is 10.3. The first kappa shape index (κ1) is 10.5. The zero-order valence-electron chi connectivity index (χ0n) is 9.26. The van der Waals surface area contributed by atoms with Crippen LogP contribution in [0.3, 0.4) is 0 Å². The molecule has 16 heavy (non-hydrogen) atoms. The van der Waals surface area contributed by atoms with Gasteiger partial charge >= 0.3 is 0 Å². The van der Waals surface area contributed by atoms with Crippen LogP contribution in [0.5, 0.6) is 5.75 Å². The molecule has 4 heteroatoms. The van der Waals surface area contributed by atoms with Crippen LogP contribution in [-0.4, -0.2) is 16.4 Å². The number of nitrogen functional groups attached to an aromatic ring is 1. The molecule has 84 valence electrons. The van der Waals surface area contributed by atoms with E-state index >= 15 is 0 Å². The lowest BCUT2D eigenvalue weighted by atomic mass is 10.3. The molecule has 0 bridgehead atoms. The van der Waals surface area contributed by atoms with Crippen molar-refractivity contribution in [1.29, 1.82) is 0 Å². The Kier molecular flexibility index (Phi) is 3.10. The van der Waals surface area contributed by atoms with Crippen molar-refractivity contribution in [2.24, 2.45) is 0 Å². The summed E-state index contributed by atoms with van der Waals surface area (Å²) in [4.78, 5) is 0. The van der Waals surface area contributed by atoms with Crippen LogP contribution < -0.4 is 10.5 Å². The molecule has 1 aromatic carbocycles. The highest BCUT2D eigenvalue weighted by molar-refractivity contribution is 5.28. The Morgan fingerprint density at radius 2 is 2.06 bits per heavy atom. The second kappa shape index (κ2) is 4.70. The van der Waals surface area contributed by atoms with Gasteiger partial charge in [-0.2, -0.15) is 5.10 Å². The standard InChI is InChI=1S/C12H15N3O/c1-10-9-12(13)14-15(10)7-8-16-11-5-3-2-4-6-11/h2-6,9H,7-8H2,1H3,(H2,13,14). The Bertz CT molecular complexity index is 451. The average molecular weight is 217 g/mol. The summed E-state index contributed by atoms with van der Waals surface area (Å²) in [5.74, 6) is 1.43. The van der Waals surface area contributed by atoms with Crippen LogP contribution >= 0.6 is 0 Å². The monoisotopic (exact) mass is 217 g/mol. The highest BCUT2D eigenvalue weighted by Crippen LogP contribution is 2.09. The van der Waals surface area contributed by atoms with Gasteiger partial charge in [-0.05, 0) is 19.1 Å². The maximum absolute atomic E-state index is 5.59. The van der Waals surface area contributed by atoms with Gasteiger partial charge in [0.15, 0.2) is 0 Å². The maximum atomic E-state index is 5.59. The molecule has 2 aromatic rings. The van der Waals surface area contributed by atoms with Gasteiger partial charge in [-0.1, -0.05) is 18.2 Å². The SMILES string of the molecule is Cc1cc(N)nn1CCOc1ccccc1. The summed E-state index contributed by atoms with van der Waals surface area (Å²) in [5, 5.41) is 4.16. The lowest BCUT2D eigenvalue weighted by Crippen LogP contribution is -2.10. The van der Waals surface area contributed by atoms with Crippen molar-refractivity contribution in [2.45, 2.75) is 13.5 Å². The van der Waals surface area contributed by atoms with Gasteiger partial charge < -0.3 is 10.5 Å². The predicted octanol–water partition coefficient (Wildman–Crippen LogP) is 1.85. The number of hydrogen-bond acceptors (Lipinski definition) is 3. The zero-order valence-corrected chi connectivity index (χ0v) is 9.26. The van der Waals surface area contributed by atoms with E-state index in [2.05, 4.69) is 5.10 Å². The van der Waals surface area contributed by atoms with Gasteiger partial charge in [0.1, 0.15) is 18.2 Å². The third-order valence-corrected chi connectivity index (χ3v) is 2.32. The first-order valence-corrected chi connectivity index (χ1v) is 5.23. The summed E-state index contributed by atoms with van der Waals surface area (Å²) in [6.45, 7) is 3.27. The third kappa shape index (κ3) is 2.53. The molecule has 0 saturated carbocycles. The minimum absolute atomic E-state index is 0.553. The van der Waals surface area contributed by atoms with E-state index in [-0.39, 0.29) is 0 Å². The van der Waals surface area contributed by atoms with E-state index in [1.165, 1.54) is 0 Å². The van der Waals surface area contributed by atoms with E-state index in [1.807, 2.05) is 48.0 Å². The molecule has 0 unspecified atom stereocenters. The smallest absolute Gasteiger partial charge is 0.145 e. The molecule has 0 aliphatic heterocycles. The fraction of sp³-hybridized carbons (Fsp3) is 0.250. The molecule has 0 spiro atoms. The Balaban J connectivity index is 1.87. The average Bonchev–Trinajstić information content (AvgIpc) is 2.59. The lowest BCUT2D eigenvalue weighted by Gasteiger charge is -2.07. The van der Waals surface area contributed by atoms with E-state index < -0.39 is 0 Å². The quantitative estimate of drug-likeness (QED) is 0.850. The van der Waals surface area contributed by atoms with Crippen molar-refractivity contribution in [3.8, 4) is 5.75 Å². The predicted molar refractivity (Wildman–Crippen MR) is 63.3 cm³/mol. The molecule has 0 atom stereocenters. The van der Waals surface area contributed by atoms with E-state index in [0.717, 1.165) is 11.4 Å². The molecule has 0 aliphatic carbocycles. The van der Waals surface area contributed by atoms with Crippen LogP contribution in [0, 0.1) is 6.92 Å². The van der Waals surface area contributed by atoms with Crippen LogP contribution in [0.4, 0.5) is 5.82 Å². The number of hydrogen-bond donors (Lipinski definition) is 1. The molecule has 1 aromatic heterocycles. The topological polar surface area (TPSA) is 53.1 Å². The lowest BCUT2D eigenvalue weighted by molar-refractivity contribution is 0.290. The van der Waals surface area contributed by atoms with Crippen molar-refractivity contribution in [3.63, 3.8) is 0 Å². The van der Waals surface area contributed by atoms with Crippen LogP contribution in [0.2, 0.25) is 0 Å². The Morgan fingerprint density at radius 3 is 2.69 bits per heavy atom. The van der Waals surface area contributed by atoms with Crippen LogP contribution in [0.15, 0.2) is 36.4 Å². The van der Waals surface area contributed by atoms with Crippen LogP contribution in [-0.2, 0) is 6.54 Å². The second-order valence-corrected chi connectivity index (χ2v) is 3.60. The molecular weight excluding hydrogens is 202 g/mol. The van der Waals surface area contributed by atoms with Crippen molar-refractivity contribution in [2.75, 3.05) is 12.3 Å². The molecular formula is C12H15N3O. The molecule has 0 amide bonds. The third-order valence-electron chi connectivity index (χ3n) is 2.32. The molecule has 0 radical (unpaired) electrons. The summed E-state index contributed by atoms with van der Waals surface area (Å²) < 4.78 is 7.42. The van der Waals surface area contributed by atoms with Gasteiger partial charge in [-0.15, -0.1) is 0 Å². The zero-order chi connectivity index (χ0) is 11.4. The Hall–Kier alpha value is -1.97. The highest BCUT2D eigenvalue weighted by atomic mass is 16.5. The molecule has 0 fully saturated rings. The summed E-state index contributed by atoms with van der Waals surface area (Å²) in [7, 11) is 0. The Morgan fingerprint density at radius 1 is 1.31 bits per heavy atom. The van der Waals surface area contributed by atoms with Gasteiger partial charge in [0.25, 0.3) is 0 Å². The number of anilines is 1. The van der Waals surface area contributed by atoms with E-state index in [0.29, 0.717) is 19.0 Å². The minimum atomic E-state index is 0.553. The minimum Gasteiger partial charge on any atom is -0.492 e. The van der Waals surface area contributed by atoms with Crippen LogP contribution in [0.25, 0.3) is 0 Å². The molecule has 2 N–H and O–H groups in total. The number of ether oxygens (including phenoxy) is 1. The highest BCUT2D eigenvalue weighted by Gasteiger charge is 2.00. The number of nitrogens with two attached hydrogens (primary N) is 1. The Labute approximate surface area is 94.6 Å². The summed E-state index contributed by atoms with van der Waals surface area (Å²) >= 11 is 0. The van der Waals surface area contributed by atoms with E-state index in [4.69, 9.17) is 10.5 Å². The van der Waals surface area contributed by atoms with Gasteiger partial charge in [-0.25, -0.2) is 0 Å². The first-order chi connectivity index (χ1) is 7.75. The molecule has 0 saturated heterocycles. The van der Waals surface area contributed by atoms with Gasteiger partial charge in [0.05, 0.1) is 6.54 Å². The molecule has 1 heterocycles. The summed E-state index contributed by atoms with van der Waals surface area (Å²) in [5.41, 5.74) is 6.64. The first-order valence-electron chi connectivity index (χ1n) is 5.23. The number of benzene rings is 1. The number of aromatic nitrogens is 2. The van der Waals surface area contributed by atoms with Crippen molar-refractivity contribution in [1.82, 2.24) is 9.78 Å². The fourth-order valence-electron chi connectivity index (χ4n) is 1.53. The van der Waals surface area contributed by atoms with Crippen molar-refractivity contribution < 1.29 is 4.74 Å². The largest absolute Gasteiger partial charge is 0.492 e. The molecule has 4 nitrogen and oxygen atoms in total. The molecule has 2 rings (SSSR count). The molecule has 0 aliphatic rings. The van der Waals surface area contributed by atoms with E-state index in [9.17, 15) is 0 Å².